The summed E-state index contributed by atoms with van der Waals surface area (Å²) in [4.78, 5) is 4.40. The fourth-order valence-electron chi connectivity index (χ4n) is 2.44. The first-order valence-corrected chi connectivity index (χ1v) is 5.87. The molecule has 1 aromatic carbocycles. The van der Waals surface area contributed by atoms with Crippen molar-refractivity contribution in [2.24, 2.45) is 0 Å². The highest BCUT2D eigenvalue weighted by Gasteiger charge is 2.44. The molecule has 1 fully saturated rings. The molecule has 3 heteroatoms. The third-order valence-corrected chi connectivity index (χ3v) is 3.58. The van der Waals surface area contributed by atoms with Gasteiger partial charge in [0.15, 0.2) is 5.82 Å². The summed E-state index contributed by atoms with van der Waals surface area (Å²) in [7, 11) is 0. The van der Waals surface area contributed by atoms with E-state index in [0.29, 0.717) is 5.89 Å². The van der Waals surface area contributed by atoms with Crippen LogP contribution in [0.3, 0.4) is 0 Å². The highest BCUT2D eigenvalue weighted by Crippen LogP contribution is 2.47. The van der Waals surface area contributed by atoms with Gasteiger partial charge < -0.3 is 4.52 Å². The fraction of sp³-hybridized carbons (Fsp3) is 0.286. The zero-order valence-electron chi connectivity index (χ0n) is 9.60. The summed E-state index contributed by atoms with van der Waals surface area (Å²) in [6.07, 6.45) is 4.99. The van der Waals surface area contributed by atoms with E-state index in [1.54, 1.807) is 6.08 Å². The Morgan fingerprint density at radius 3 is 2.53 bits per heavy atom. The van der Waals surface area contributed by atoms with E-state index >= 15 is 0 Å². The van der Waals surface area contributed by atoms with Crippen molar-refractivity contribution in [3.8, 4) is 0 Å². The van der Waals surface area contributed by atoms with Gasteiger partial charge in [-0.05, 0) is 24.5 Å². The quantitative estimate of drug-likeness (QED) is 0.806. The van der Waals surface area contributed by atoms with E-state index in [1.165, 1.54) is 12.0 Å². The van der Waals surface area contributed by atoms with E-state index in [4.69, 9.17) is 4.52 Å². The molecule has 0 saturated heterocycles. The largest absolute Gasteiger partial charge is 0.335 e. The third kappa shape index (κ3) is 1.50. The van der Waals surface area contributed by atoms with E-state index < -0.39 is 0 Å². The molecule has 0 N–H and O–H groups in total. The summed E-state index contributed by atoms with van der Waals surface area (Å²) in [6.45, 7) is 3.65. The predicted molar refractivity (Wildman–Crippen MR) is 65.5 cm³/mol. The van der Waals surface area contributed by atoms with Crippen LogP contribution >= 0.6 is 0 Å². The first-order valence-electron chi connectivity index (χ1n) is 5.87. The van der Waals surface area contributed by atoms with Crippen molar-refractivity contribution in [3.63, 3.8) is 0 Å². The zero-order valence-corrected chi connectivity index (χ0v) is 9.60. The molecule has 2 aromatic rings. The molecule has 1 heterocycles. The molecule has 3 rings (SSSR count). The first-order chi connectivity index (χ1) is 8.35. The van der Waals surface area contributed by atoms with Crippen LogP contribution in [0.15, 0.2) is 41.4 Å². The molecule has 0 radical (unpaired) electrons. The molecule has 0 bridgehead atoms. The van der Waals surface area contributed by atoms with Gasteiger partial charge in [-0.2, -0.15) is 4.98 Å². The molecule has 0 atom stereocenters. The molecule has 0 amide bonds. The molecule has 1 aromatic heterocycles. The number of benzene rings is 1. The van der Waals surface area contributed by atoms with Gasteiger partial charge in [-0.1, -0.05) is 48.5 Å². The average molecular weight is 226 g/mol. The van der Waals surface area contributed by atoms with Crippen LogP contribution in [0.25, 0.3) is 6.08 Å². The lowest BCUT2D eigenvalue weighted by molar-refractivity contribution is 0.272. The Labute approximate surface area is 100 Å². The summed E-state index contributed by atoms with van der Waals surface area (Å²) in [5.41, 5.74) is 1.24. The minimum Gasteiger partial charge on any atom is -0.335 e. The van der Waals surface area contributed by atoms with Crippen LogP contribution in [0.1, 0.15) is 36.5 Å². The van der Waals surface area contributed by atoms with Gasteiger partial charge in [-0.3, -0.25) is 0 Å². The maximum Gasteiger partial charge on any atom is 0.250 e. The molecule has 17 heavy (non-hydrogen) atoms. The highest BCUT2D eigenvalue weighted by molar-refractivity contribution is 5.38. The van der Waals surface area contributed by atoms with Gasteiger partial charge in [-0.15, -0.1) is 0 Å². The number of aromatic nitrogens is 2. The predicted octanol–water partition coefficient (Wildman–Crippen LogP) is 3.18. The highest BCUT2D eigenvalue weighted by atomic mass is 16.5. The van der Waals surface area contributed by atoms with Gasteiger partial charge in [0.05, 0.1) is 5.41 Å². The van der Waals surface area contributed by atoms with Crippen molar-refractivity contribution in [3.05, 3.63) is 54.2 Å². The van der Waals surface area contributed by atoms with Crippen LogP contribution in [0, 0.1) is 0 Å². The van der Waals surface area contributed by atoms with Crippen molar-refractivity contribution in [1.82, 2.24) is 10.1 Å². The first kappa shape index (κ1) is 10.3. The second kappa shape index (κ2) is 3.84. The molecule has 1 aliphatic carbocycles. The lowest BCUT2D eigenvalue weighted by Gasteiger charge is -2.39. The number of rotatable bonds is 3. The molecule has 0 aliphatic heterocycles. The van der Waals surface area contributed by atoms with Crippen molar-refractivity contribution >= 4 is 6.08 Å². The Bertz CT molecular complexity index is 526. The summed E-state index contributed by atoms with van der Waals surface area (Å²) in [5.74, 6) is 1.30. The lowest BCUT2D eigenvalue weighted by Crippen LogP contribution is -2.36. The van der Waals surface area contributed by atoms with Gasteiger partial charge in [-0.25, -0.2) is 0 Å². The minimum absolute atomic E-state index is 0.0357. The topological polar surface area (TPSA) is 38.9 Å². The number of nitrogens with zero attached hydrogens (tertiary/aromatic N) is 2. The second-order valence-corrected chi connectivity index (χ2v) is 4.46. The zero-order chi connectivity index (χ0) is 11.7. The Morgan fingerprint density at radius 2 is 2.00 bits per heavy atom. The molecule has 86 valence electrons. The third-order valence-electron chi connectivity index (χ3n) is 3.58. The van der Waals surface area contributed by atoms with Crippen molar-refractivity contribution in [1.29, 1.82) is 0 Å². The van der Waals surface area contributed by atoms with Gasteiger partial charge >= 0.3 is 0 Å². The molecular formula is C14H14N2O. The lowest BCUT2D eigenvalue weighted by atomic mass is 9.64. The molecule has 1 saturated carbocycles. The van der Waals surface area contributed by atoms with Gasteiger partial charge in [0.25, 0.3) is 0 Å². The molecule has 1 aliphatic rings. The fourth-order valence-corrected chi connectivity index (χ4v) is 2.44. The molecule has 0 spiro atoms. The standard InChI is InChI=1S/C14H14N2O/c1-2-12-15-13(16-17-12)14(9-6-10-14)11-7-4-3-5-8-11/h2-5,7-8H,1,6,9-10H2. The Hall–Kier alpha value is -1.90. The van der Waals surface area contributed by atoms with Crippen molar-refractivity contribution < 1.29 is 4.52 Å². The number of hydrogen-bond acceptors (Lipinski definition) is 3. The Morgan fingerprint density at radius 1 is 1.24 bits per heavy atom. The van der Waals surface area contributed by atoms with Gasteiger partial charge in [0.1, 0.15) is 0 Å². The molecule has 0 unspecified atom stereocenters. The Kier molecular flexibility index (Phi) is 2.32. The Balaban J connectivity index is 2.05. The molecule has 3 nitrogen and oxygen atoms in total. The number of hydrogen-bond donors (Lipinski definition) is 0. The van der Waals surface area contributed by atoms with Crippen LogP contribution in [0.5, 0.6) is 0 Å². The van der Waals surface area contributed by atoms with E-state index in [1.807, 2.05) is 6.07 Å². The second-order valence-electron chi connectivity index (χ2n) is 4.46. The van der Waals surface area contributed by atoms with Crippen LogP contribution < -0.4 is 0 Å². The maximum atomic E-state index is 5.14. The van der Waals surface area contributed by atoms with Crippen LogP contribution in [0.4, 0.5) is 0 Å². The maximum absolute atomic E-state index is 5.14. The van der Waals surface area contributed by atoms with Crippen LogP contribution in [-0.4, -0.2) is 10.1 Å². The van der Waals surface area contributed by atoms with E-state index in [0.717, 1.165) is 18.7 Å². The smallest absolute Gasteiger partial charge is 0.250 e. The van der Waals surface area contributed by atoms with Crippen molar-refractivity contribution in [2.45, 2.75) is 24.7 Å². The molecular weight excluding hydrogens is 212 g/mol. The normalized spacial score (nSPS) is 17.4. The summed E-state index contributed by atoms with van der Waals surface area (Å²) in [5, 5.41) is 4.10. The van der Waals surface area contributed by atoms with Crippen LogP contribution in [-0.2, 0) is 5.41 Å². The van der Waals surface area contributed by atoms with Crippen molar-refractivity contribution in [2.75, 3.05) is 0 Å². The van der Waals surface area contributed by atoms with Gasteiger partial charge in [0.2, 0.25) is 5.89 Å². The van der Waals surface area contributed by atoms with E-state index in [-0.39, 0.29) is 5.41 Å². The average Bonchev–Trinajstić information content (AvgIpc) is 2.78. The SMILES string of the molecule is C=Cc1nc(C2(c3ccccc3)CCC2)no1. The minimum atomic E-state index is -0.0357. The van der Waals surface area contributed by atoms with E-state index in [2.05, 4.69) is 41.0 Å². The summed E-state index contributed by atoms with van der Waals surface area (Å²) < 4.78 is 5.14. The summed E-state index contributed by atoms with van der Waals surface area (Å²) >= 11 is 0. The monoisotopic (exact) mass is 226 g/mol. The summed E-state index contributed by atoms with van der Waals surface area (Å²) in [6, 6.07) is 10.4. The van der Waals surface area contributed by atoms with Gasteiger partial charge in [0, 0.05) is 0 Å². The van der Waals surface area contributed by atoms with Crippen LogP contribution in [0.2, 0.25) is 0 Å². The van der Waals surface area contributed by atoms with E-state index in [9.17, 15) is 0 Å².